The largest absolute Gasteiger partial charge is 0.343 e. The number of piperidine rings is 1. The fourth-order valence-electron chi connectivity index (χ4n) is 3.65. The maximum Gasteiger partial charge on any atom is 0.241 e. The molecule has 20 heavy (non-hydrogen) atoms. The van der Waals surface area contributed by atoms with Crippen molar-refractivity contribution in [3.05, 3.63) is 0 Å². The van der Waals surface area contributed by atoms with Gasteiger partial charge in [-0.25, -0.2) is 4.39 Å². The lowest BCUT2D eigenvalue weighted by atomic mass is 9.95. The summed E-state index contributed by atoms with van der Waals surface area (Å²) in [4.78, 5) is 18.4. The van der Waals surface area contributed by atoms with Gasteiger partial charge in [-0.1, -0.05) is 0 Å². The van der Waals surface area contributed by atoms with Crippen LogP contribution < -0.4 is 11.1 Å². The molecule has 0 aromatic carbocycles. The first-order chi connectivity index (χ1) is 9.58. The normalized spacial score (nSPS) is 40.8. The molecule has 3 saturated heterocycles. The standard InChI is InChI=1S/C13H24FN5O/c1-17-2-3-18-4-5-19(8-11(18)13(17)20)12-9(14)6-16-7-10(12)15/h9-12,16H,2-8,15H2,1H3. The van der Waals surface area contributed by atoms with Crippen molar-refractivity contribution >= 4 is 5.91 Å². The summed E-state index contributed by atoms with van der Waals surface area (Å²) in [6.45, 7) is 4.93. The molecule has 0 aliphatic carbocycles. The summed E-state index contributed by atoms with van der Waals surface area (Å²) in [6.07, 6.45) is -0.957. The number of hydrogen-bond donors (Lipinski definition) is 2. The Balaban J connectivity index is 1.71. The van der Waals surface area contributed by atoms with E-state index in [1.807, 2.05) is 7.05 Å². The Kier molecular flexibility index (Phi) is 3.94. The minimum atomic E-state index is -0.957. The second kappa shape index (κ2) is 5.55. The molecule has 3 aliphatic rings. The molecule has 0 aromatic heterocycles. The number of hydrogen-bond acceptors (Lipinski definition) is 5. The molecule has 0 saturated carbocycles. The lowest BCUT2D eigenvalue weighted by molar-refractivity contribution is -0.144. The fraction of sp³-hybridized carbons (Fsp3) is 0.923. The van der Waals surface area contributed by atoms with Crippen LogP contribution in [0.1, 0.15) is 0 Å². The number of amides is 1. The number of likely N-dealkylation sites (N-methyl/N-ethyl adjacent to an activating group) is 1. The number of nitrogens with one attached hydrogen (secondary N) is 1. The molecular formula is C13H24FN5O. The summed E-state index contributed by atoms with van der Waals surface area (Å²) in [5.74, 6) is 0.152. The van der Waals surface area contributed by atoms with Crippen molar-refractivity contribution in [2.24, 2.45) is 5.73 Å². The van der Waals surface area contributed by atoms with Gasteiger partial charge in [0.15, 0.2) is 0 Å². The second-order valence-electron chi connectivity index (χ2n) is 6.14. The molecular weight excluding hydrogens is 261 g/mol. The zero-order valence-corrected chi connectivity index (χ0v) is 12.0. The third-order valence-corrected chi connectivity index (χ3v) is 4.86. The summed E-state index contributed by atoms with van der Waals surface area (Å²) >= 11 is 0. The Labute approximate surface area is 119 Å². The van der Waals surface area contributed by atoms with Gasteiger partial charge < -0.3 is 16.0 Å². The minimum absolute atomic E-state index is 0.128. The molecule has 4 unspecified atom stereocenters. The topological polar surface area (TPSA) is 64.8 Å². The molecule has 3 fully saturated rings. The monoisotopic (exact) mass is 285 g/mol. The molecule has 4 atom stereocenters. The number of alkyl halides is 1. The highest BCUT2D eigenvalue weighted by molar-refractivity contribution is 5.82. The van der Waals surface area contributed by atoms with Crippen molar-refractivity contribution in [1.82, 2.24) is 20.0 Å². The van der Waals surface area contributed by atoms with Gasteiger partial charge in [0.1, 0.15) is 12.2 Å². The first-order valence-electron chi connectivity index (χ1n) is 7.41. The van der Waals surface area contributed by atoms with Crippen LogP contribution in [0.2, 0.25) is 0 Å². The molecule has 7 heteroatoms. The van der Waals surface area contributed by atoms with E-state index in [2.05, 4.69) is 15.1 Å². The molecule has 6 nitrogen and oxygen atoms in total. The quantitative estimate of drug-likeness (QED) is 0.588. The number of nitrogens with two attached hydrogens (primary N) is 1. The minimum Gasteiger partial charge on any atom is -0.343 e. The maximum absolute atomic E-state index is 14.2. The molecule has 1 amide bonds. The summed E-state index contributed by atoms with van der Waals surface area (Å²) in [5.41, 5.74) is 6.08. The van der Waals surface area contributed by atoms with Gasteiger partial charge in [-0.3, -0.25) is 14.6 Å². The zero-order valence-electron chi connectivity index (χ0n) is 12.0. The summed E-state index contributed by atoms with van der Waals surface area (Å²) < 4.78 is 14.2. The lowest BCUT2D eigenvalue weighted by Crippen LogP contribution is -2.70. The van der Waals surface area contributed by atoms with Crippen LogP contribution in [-0.4, -0.2) is 97.8 Å². The molecule has 3 aliphatic heterocycles. The fourth-order valence-corrected chi connectivity index (χ4v) is 3.65. The number of carbonyl (C=O) groups is 1. The van der Waals surface area contributed by atoms with Crippen LogP contribution in [0.4, 0.5) is 4.39 Å². The van der Waals surface area contributed by atoms with Gasteiger partial charge in [-0.05, 0) is 0 Å². The van der Waals surface area contributed by atoms with Crippen molar-refractivity contribution in [1.29, 1.82) is 0 Å². The van der Waals surface area contributed by atoms with Gasteiger partial charge >= 0.3 is 0 Å². The van der Waals surface area contributed by atoms with Crippen LogP contribution in [0.15, 0.2) is 0 Å². The van der Waals surface area contributed by atoms with Crippen LogP contribution in [0.3, 0.4) is 0 Å². The summed E-state index contributed by atoms with van der Waals surface area (Å²) in [5, 5.41) is 3.01. The Morgan fingerprint density at radius 1 is 1.20 bits per heavy atom. The van der Waals surface area contributed by atoms with Crippen LogP contribution in [0.5, 0.6) is 0 Å². The van der Waals surface area contributed by atoms with Gasteiger partial charge in [0, 0.05) is 58.9 Å². The first-order valence-corrected chi connectivity index (χ1v) is 7.41. The highest BCUT2D eigenvalue weighted by Gasteiger charge is 2.43. The maximum atomic E-state index is 14.2. The van der Waals surface area contributed by atoms with E-state index in [9.17, 15) is 9.18 Å². The molecule has 3 N–H and O–H groups in total. The van der Waals surface area contributed by atoms with E-state index in [1.165, 1.54) is 0 Å². The van der Waals surface area contributed by atoms with Crippen molar-refractivity contribution in [3.8, 4) is 0 Å². The third-order valence-electron chi connectivity index (χ3n) is 4.86. The number of nitrogens with zero attached hydrogens (tertiary/aromatic N) is 3. The van der Waals surface area contributed by atoms with Gasteiger partial charge in [0.2, 0.25) is 5.91 Å². The Morgan fingerprint density at radius 3 is 2.65 bits per heavy atom. The molecule has 0 aromatic rings. The van der Waals surface area contributed by atoms with E-state index in [0.717, 1.165) is 26.2 Å². The summed E-state index contributed by atoms with van der Waals surface area (Å²) in [6, 6.07) is -0.600. The SMILES string of the molecule is CN1CCN2CCN(C3C(N)CNCC3F)CC2C1=O. The van der Waals surface area contributed by atoms with E-state index in [4.69, 9.17) is 5.73 Å². The van der Waals surface area contributed by atoms with Crippen LogP contribution in [0, 0.1) is 0 Å². The average Bonchev–Trinajstić information content (AvgIpc) is 2.43. The van der Waals surface area contributed by atoms with Crippen molar-refractivity contribution < 1.29 is 9.18 Å². The second-order valence-corrected chi connectivity index (χ2v) is 6.14. The predicted molar refractivity (Wildman–Crippen MR) is 74.1 cm³/mol. The molecule has 0 spiro atoms. The van der Waals surface area contributed by atoms with E-state index >= 15 is 0 Å². The molecule has 0 bridgehead atoms. The molecule has 3 heterocycles. The van der Waals surface area contributed by atoms with E-state index in [0.29, 0.717) is 19.6 Å². The molecule has 0 radical (unpaired) electrons. The first kappa shape index (κ1) is 14.2. The lowest BCUT2D eigenvalue weighted by Gasteiger charge is -2.49. The van der Waals surface area contributed by atoms with Crippen molar-refractivity contribution in [3.63, 3.8) is 0 Å². The van der Waals surface area contributed by atoms with E-state index in [1.54, 1.807) is 4.90 Å². The molecule has 114 valence electrons. The predicted octanol–water partition coefficient (Wildman–Crippen LogP) is -1.92. The van der Waals surface area contributed by atoms with Crippen molar-refractivity contribution in [2.45, 2.75) is 24.3 Å². The highest BCUT2D eigenvalue weighted by Crippen LogP contribution is 2.22. The van der Waals surface area contributed by atoms with Gasteiger partial charge in [0.25, 0.3) is 0 Å². The average molecular weight is 285 g/mol. The van der Waals surface area contributed by atoms with Gasteiger partial charge in [-0.15, -0.1) is 0 Å². The van der Waals surface area contributed by atoms with Crippen LogP contribution in [0.25, 0.3) is 0 Å². The number of carbonyl (C=O) groups excluding carboxylic acids is 1. The van der Waals surface area contributed by atoms with Crippen LogP contribution in [-0.2, 0) is 4.79 Å². The molecule has 3 rings (SSSR count). The van der Waals surface area contributed by atoms with Crippen molar-refractivity contribution in [2.75, 3.05) is 52.9 Å². The third kappa shape index (κ3) is 2.43. The zero-order chi connectivity index (χ0) is 14.3. The Hall–Kier alpha value is -0.760. The van der Waals surface area contributed by atoms with Gasteiger partial charge in [-0.2, -0.15) is 0 Å². The smallest absolute Gasteiger partial charge is 0.241 e. The van der Waals surface area contributed by atoms with E-state index < -0.39 is 6.17 Å². The Morgan fingerprint density at radius 2 is 1.90 bits per heavy atom. The van der Waals surface area contributed by atoms with Crippen LogP contribution >= 0.6 is 0 Å². The highest BCUT2D eigenvalue weighted by atomic mass is 19.1. The summed E-state index contributed by atoms with van der Waals surface area (Å²) in [7, 11) is 1.84. The number of piperazine rings is 2. The number of rotatable bonds is 1. The van der Waals surface area contributed by atoms with E-state index in [-0.39, 0.29) is 24.0 Å². The Bertz CT molecular complexity index is 372. The number of halogens is 1. The van der Waals surface area contributed by atoms with Gasteiger partial charge in [0.05, 0.1) is 6.04 Å². The number of fused-ring (bicyclic) bond motifs is 1.